The van der Waals surface area contributed by atoms with Crippen molar-refractivity contribution in [2.45, 2.75) is 39.5 Å². The average molecular weight is 227 g/mol. The summed E-state index contributed by atoms with van der Waals surface area (Å²) in [5.74, 6) is 1.31. The van der Waals surface area contributed by atoms with Gasteiger partial charge in [-0.05, 0) is 30.0 Å². The summed E-state index contributed by atoms with van der Waals surface area (Å²) in [6.45, 7) is 7.20. The van der Waals surface area contributed by atoms with E-state index < -0.39 is 0 Å². The second-order valence-electron chi connectivity index (χ2n) is 4.05. The maximum absolute atomic E-state index is 6.13. The third kappa shape index (κ3) is 3.75. The van der Waals surface area contributed by atoms with Gasteiger partial charge in [-0.25, -0.2) is 0 Å². The monoisotopic (exact) mass is 226 g/mol. The Morgan fingerprint density at radius 3 is 2.60 bits per heavy atom. The van der Waals surface area contributed by atoms with E-state index in [0.717, 1.165) is 30.2 Å². The minimum atomic E-state index is 0.507. The Kier molecular flexibility index (Phi) is 4.97. The van der Waals surface area contributed by atoms with E-state index in [1.807, 2.05) is 12.1 Å². The molecule has 0 bridgehead atoms. The summed E-state index contributed by atoms with van der Waals surface area (Å²) < 4.78 is 5.58. The Labute approximate surface area is 97.4 Å². The summed E-state index contributed by atoms with van der Waals surface area (Å²) in [6.07, 6.45) is 2.21. The van der Waals surface area contributed by atoms with Crippen LogP contribution in [0.15, 0.2) is 18.2 Å². The van der Waals surface area contributed by atoms with Crippen LogP contribution in [0.4, 0.5) is 0 Å². The van der Waals surface area contributed by atoms with Crippen LogP contribution in [0.3, 0.4) is 0 Å². The van der Waals surface area contributed by atoms with Crippen molar-refractivity contribution < 1.29 is 4.74 Å². The van der Waals surface area contributed by atoms with Crippen LogP contribution in [-0.4, -0.2) is 6.61 Å². The van der Waals surface area contributed by atoms with E-state index in [2.05, 4.69) is 26.8 Å². The molecule has 0 radical (unpaired) electrons. The standard InChI is InChI=1S/C13H19ClO/c1-4-5-8-15-13-7-6-11(10(2)3)9-12(13)14/h6-7,9-10H,4-5,8H2,1-3H3. The van der Waals surface area contributed by atoms with Gasteiger partial charge in [0.2, 0.25) is 0 Å². The summed E-state index contributed by atoms with van der Waals surface area (Å²) in [7, 11) is 0. The molecule has 0 aliphatic heterocycles. The average Bonchev–Trinajstić information content (AvgIpc) is 2.20. The lowest BCUT2D eigenvalue weighted by molar-refractivity contribution is 0.309. The van der Waals surface area contributed by atoms with Crippen molar-refractivity contribution in [3.05, 3.63) is 28.8 Å². The van der Waals surface area contributed by atoms with Crippen molar-refractivity contribution in [1.82, 2.24) is 0 Å². The Morgan fingerprint density at radius 2 is 2.07 bits per heavy atom. The minimum Gasteiger partial charge on any atom is -0.492 e. The first-order valence-electron chi connectivity index (χ1n) is 5.57. The Balaban J connectivity index is 2.66. The fourth-order valence-corrected chi connectivity index (χ4v) is 1.56. The van der Waals surface area contributed by atoms with E-state index in [1.165, 1.54) is 5.56 Å². The molecule has 0 spiro atoms. The van der Waals surface area contributed by atoms with Crippen molar-refractivity contribution >= 4 is 11.6 Å². The van der Waals surface area contributed by atoms with Gasteiger partial charge < -0.3 is 4.74 Å². The van der Waals surface area contributed by atoms with E-state index in [9.17, 15) is 0 Å². The maximum atomic E-state index is 6.13. The lowest BCUT2D eigenvalue weighted by atomic mass is 10.0. The zero-order valence-corrected chi connectivity index (χ0v) is 10.5. The molecular weight excluding hydrogens is 208 g/mol. The van der Waals surface area contributed by atoms with Gasteiger partial charge in [0.25, 0.3) is 0 Å². The lowest BCUT2D eigenvalue weighted by Gasteiger charge is -2.10. The summed E-state index contributed by atoms with van der Waals surface area (Å²) >= 11 is 6.13. The second-order valence-corrected chi connectivity index (χ2v) is 4.45. The molecule has 0 fully saturated rings. The molecule has 0 N–H and O–H groups in total. The number of unbranched alkanes of at least 4 members (excludes halogenated alkanes) is 1. The van der Waals surface area contributed by atoms with Gasteiger partial charge in [0.15, 0.2) is 0 Å². The quantitative estimate of drug-likeness (QED) is 0.665. The van der Waals surface area contributed by atoms with Crippen molar-refractivity contribution in [1.29, 1.82) is 0 Å². The second kappa shape index (κ2) is 6.02. The topological polar surface area (TPSA) is 9.23 Å². The summed E-state index contributed by atoms with van der Waals surface area (Å²) in [4.78, 5) is 0. The van der Waals surface area contributed by atoms with Gasteiger partial charge in [-0.1, -0.05) is 44.9 Å². The molecule has 0 atom stereocenters. The third-order valence-corrected chi connectivity index (χ3v) is 2.67. The predicted molar refractivity (Wildman–Crippen MR) is 65.9 cm³/mol. The Morgan fingerprint density at radius 1 is 1.33 bits per heavy atom. The van der Waals surface area contributed by atoms with Crippen molar-refractivity contribution in [3.8, 4) is 5.75 Å². The molecule has 2 heteroatoms. The van der Waals surface area contributed by atoms with Crippen LogP contribution in [0, 0.1) is 0 Å². The van der Waals surface area contributed by atoms with Crippen molar-refractivity contribution in [3.63, 3.8) is 0 Å². The largest absolute Gasteiger partial charge is 0.492 e. The highest BCUT2D eigenvalue weighted by atomic mass is 35.5. The van der Waals surface area contributed by atoms with Gasteiger partial charge in [0, 0.05) is 0 Å². The number of hydrogen-bond donors (Lipinski definition) is 0. The van der Waals surface area contributed by atoms with Crippen LogP contribution in [0.1, 0.15) is 45.1 Å². The molecule has 0 saturated heterocycles. The molecule has 0 amide bonds. The van der Waals surface area contributed by atoms with Crippen LogP contribution in [0.25, 0.3) is 0 Å². The summed E-state index contributed by atoms with van der Waals surface area (Å²) in [5.41, 5.74) is 1.25. The van der Waals surface area contributed by atoms with Crippen LogP contribution in [-0.2, 0) is 0 Å². The van der Waals surface area contributed by atoms with E-state index in [4.69, 9.17) is 16.3 Å². The summed E-state index contributed by atoms with van der Waals surface area (Å²) in [5, 5.41) is 0.720. The van der Waals surface area contributed by atoms with Gasteiger partial charge in [0.1, 0.15) is 5.75 Å². The molecule has 84 valence electrons. The van der Waals surface area contributed by atoms with Crippen molar-refractivity contribution in [2.75, 3.05) is 6.61 Å². The first-order chi connectivity index (χ1) is 7.15. The van der Waals surface area contributed by atoms with E-state index >= 15 is 0 Å². The zero-order valence-electron chi connectivity index (χ0n) is 9.72. The molecular formula is C13H19ClO. The SMILES string of the molecule is CCCCOc1ccc(C(C)C)cc1Cl. The number of rotatable bonds is 5. The van der Waals surface area contributed by atoms with Crippen LogP contribution in [0.2, 0.25) is 5.02 Å². The fraction of sp³-hybridized carbons (Fsp3) is 0.538. The fourth-order valence-electron chi connectivity index (χ4n) is 1.32. The van der Waals surface area contributed by atoms with E-state index in [-0.39, 0.29) is 0 Å². The number of ether oxygens (including phenoxy) is 1. The van der Waals surface area contributed by atoms with Crippen LogP contribution >= 0.6 is 11.6 Å². The van der Waals surface area contributed by atoms with E-state index in [0.29, 0.717) is 5.92 Å². The molecule has 15 heavy (non-hydrogen) atoms. The first kappa shape index (κ1) is 12.4. The highest BCUT2D eigenvalue weighted by molar-refractivity contribution is 6.32. The normalized spacial score (nSPS) is 10.7. The molecule has 0 aromatic heterocycles. The van der Waals surface area contributed by atoms with Crippen molar-refractivity contribution in [2.24, 2.45) is 0 Å². The smallest absolute Gasteiger partial charge is 0.137 e. The number of halogens is 1. The van der Waals surface area contributed by atoms with E-state index in [1.54, 1.807) is 0 Å². The van der Waals surface area contributed by atoms with Gasteiger partial charge in [-0.15, -0.1) is 0 Å². The zero-order chi connectivity index (χ0) is 11.3. The van der Waals surface area contributed by atoms with Crippen LogP contribution in [0.5, 0.6) is 5.75 Å². The number of benzene rings is 1. The van der Waals surface area contributed by atoms with Gasteiger partial charge >= 0.3 is 0 Å². The third-order valence-electron chi connectivity index (χ3n) is 2.38. The highest BCUT2D eigenvalue weighted by Gasteiger charge is 2.05. The number of hydrogen-bond acceptors (Lipinski definition) is 1. The highest BCUT2D eigenvalue weighted by Crippen LogP contribution is 2.28. The van der Waals surface area contributed by atoms with Gasteiger partial charge in [0.05, 0.1) is 11.6 Å². The first-order valence-corrected chi connectivity index (χ1v) is 5.95. The van der Waals surface area contributed by atoms with Gasteiger partial charge in [-0.2, -0.15) is 0 Å². The molecule has 1 nitrogen and oxygen atoms in total. The Bertz CT molecular complexity index is 307. The molecule has 0 saturated carbocycles. The molecule has 0 heterocycles. The molecule has 0 unspecified atom stereocenters. The molecule has 1 aromatic carbocycles. The predicted octanol–water partition coefficient (Wildman–Crippen LogP) is 4.64. The van der Waals surface area contributed by atoms with Gasteiger partial charge in [-0.3, -0.25) is 0 Å². The maximum Gasteiger partial charge on any atom is 0.137 e. The molecule has 0 aliphatic carbocycles. The minimum absolute atomic E-state index is 0.507. The van der Waals surface area contributed by atoms with Crippen LogP contribution < -0.4 is 4.74 Å². The molecule has 0 aliphatic rings. The molecule has 1 rings (SSSR count). The molecule has 1 aromatic rings. The lowest BCUT2D eigenvalue weighted by Crippen LogP contribution is -1.97. The Hall–Kier alpha value is -0.690. The summed E-state index contributed by atoms with van der Waals surface area (Å²) in [6, 6.07) is 6.04.